The maximum Gasteiger partial charge on any atom is 0.254 e. The van der Waals surface area contributed by atoms with Gasteiger partial charge < -0.3 is 9.84 Å². The molecule has 6 heteroatoms. The molecule has 4 heterocycles. The summed E-state index contributed by atoms with van der Waals surface area (Å²) >= 11 is 1.64. The van der Waals surface area contributed by atoms with Crippen molar-refractivity contribution in [3.8, 4) is 11.1 Å². The minimum absolute atomic E-state index is 0.0544. The first kappa shape index (κ1) is 17.6. The molecule has 1 N–H and O–H groups in total. The Balaban J connectivity index is 1.74. The summed E-state index contributed by atoms with van der Waals surface area (Å²) in [6, 6.07) is 8.32. The lowest BCUT2D eigenvalue weighted by molar-refractivity contribution is -0.126. The molecule has 1 atom stereocenters. The third-order valence-electron chi connectivity index (χ3n) is 6.08. The molecule has 5 nitrogen and oxygen atoms in total. The first-order valence-corrected chi connectivity index (χ1v) is 10.7. The van der Waals surface area contributed by atoms with E-state index in [0.717, 1.165) is 65.3 Å². The van der Waals surface area contributed by atoms with E-state index in [1.54, 1.807) is 11.3 Å². The van der Waals surface area contributed by atoms with Gasteiger partial charge in [-0.2, -0.15) is 11.3 Å². The van der Waals surface area contributed by atoms with Gasteiger partial charge >= 0.3 is 0 Å². The van der Waals surface area contributed by atoms with E-state index in [1.165, 1.54) is 6.42 Å². The summed E-state index contributed by atoms with van der Waals surface area (Å²) in [6.45, 7) is 5.75. The monoisotopic (exact) mass is 393 g/mol. The minimum atomic E-state index is -0.759. The van der Waals surface area contributed by atoms with Crippen molar-refractivity contribution in [2.24, 2.45) is 0 Å². The van der Waals surface area contributed by atoms with Gasteiger partial charge in [0, 0.05) is 16.8 Å². The number of hydrogen-bond donors (Lipinski definition) is 1. The Morgan fingerprint density at radius 3 is 2.68 bits per heavy atom. The highest BCUT2D eigenvalue weighted by molar-refractivity contribution is 7.08. The van der Waals surface area contributed by atoms with E-state index in [0.29, 0.717) is 0 Å². The molecule has 1 fully saturated rings. The zero-order valence-electron chi connectivity index (χ0n) is 16.1. The van der Waals surface area contributed by atoms with E-state index >= 15 is 0 Å². The predicted octanol–water partition coefficient (Wildman–Crippen LogP) is 4.70. The van der Waals surface area contributed by atoms with Crippen LogP contribution in [-0.4, -0.2) is 29.1 Å². The number of anilines is 1. The van der Waals surface area contributed by atoms with Gasteiger partial charge in [-0.3, -0.25) is 9.69 Å². The highest BCUT2D eigenvalue weighted by Crippen LogP contribution is 2.48. The molecule has 28 heavy (non-hydrogen) atoms. The molecule has 0 saturated carbocycles. The van der Waals surface area contributed by atoms with Gasteiger partial charge in [0.1, 0.15) is 5.76 Å². The van der Waals surface area contributed by atoms with Crippen LogP contribution in [0.1, 0.15) is 41.8 Å². The highest BCUT2D eigenvalue weighted by Gasteiger charge is 2.53. The standard InChI is InChI=1S/C22H23N3O2S/c1-14-20(15(2)27-24-14)16-6-7-19-18(12-16)22(21(26)23-19,17-8-11-28-13-17)25-9-4-3-5-10-25/h6-8,11-13H,3-5,9-10H2,1-2H3,(H,23,26). The lowest BCUT2D eigenvalue weighted by Gasteiger charge is -2.41. The van der Waals surface area contributed by atoms with Crippen LogP contribution in [0.15, 0.2) is 39.5 Å². The van der Waals surface area contributed by atoms with E-state index in [9.17, 15) is 4.79 Å². The number of hydrogen-bond acceptors (Lipinski definition) is 5. The molecule has 0 spiro atoms. The van der Waals surface area contributed by atoms with Crippen molar-refractivity contribution in [3.05, 3.63) is 57.6 Å². The van der Waals surface area contributed by atoms with Crippen LogP contribution in [0, 0.1) is 13.8 Å². The lowest BCUT2D eigenvalue weighted by atomic mass is 9.81. The van der Waals surface area contributed by atoms with Crippen LogP contribution < -0.4 is 5.32 Å². The van der Waals surface area contributed by atoms with Crippen LogP contribution in [0.4, 0.5) is 5.69 Å². The zero-order valence-corrected chi connectivity index (χ0v) is 16.9. The Kier molecular flexibility index (Phi) is 4.14. The first-order valence-electron chi connectivity index (χ1n) is 9.79. The number of piperidine rings is 1. The van der Waals surface area contributed by atoms with Crippen molar-refractivity contribution in [1.29, 1.82) is 0 Å². The SMILES string of the molecule is Cc1noc(C)c1-c1ccc2c(c1)C(c1ccsc1)(N1CCCCC1)C(=O)N2. The Bertz CT molecular complexity index is 1010. The average molecular weight is 394 g/mol. The van der Waals surface area contributed by atoms with Crippen LogP contribution in [0.2, 0.25) is 0 Å². The van der Waals surface area contributed by atoms with Crippen LogP contribution in [0.25, 0.3) is 11.1 Å². The molecule has 0 radical (unpaired) electrons. The zero-order chi connectivity index (χ0) is 19.3. The number of aromatic nitrogens is 1. The molecule has 3 aromatic rings. The normalized spacial score (nSPS) is 22.3. The van der Waals surface area contributed by atoms with Crippen molar-refractivity contribution < 1.29 is 9.32 Å². The average Bonchev–Trinajstić information content (AvgIpc) is 3.41. The molecule has 5 rings (SSSR count). The summed E-state index contributed by atoms with van der Waals surface area (Å²) < 4.78 is 5.39. The molecule has 2 aliphatic rings. The smallest absolute Gasteiger partial charge is 0.254 e. The molecular formula is C22H23N3O2S. The van der Waals surface area contributed by atoms with Crippen LogP contribution >= 0.6 is 11.3 Å². The molecule has 1 saturated heterocycles. The fraction of sp³-hybridized carbons (Fsp3) is 0.364. The van der Waals surface area contributed by atoms with Gasteiger partial charge in [0.15, 0.2) is 5.54 Å². The number of rotatable bonds is 3. The van der Waals surface area contributed by atoms with Crippen LogP contribution in [0.3, 0.4) is 0 Å². The fourth-order valence-electron chi connectivity index (χ4n) is 4.82. The van der Waals surface area contributed by atoms with Crippen LogP contribution in [0.5, 0.6) is 0 Å². The van der Waals surface area contributed by atoms with E-state index in [-0.39, 0.29) is 5.91 Å². The maximum atomic E-state index is 13.5. The molecule has 144 valence electrons. The van der Waals surface area contributed by atoms with E-state index < -0.39 is 5.54 Å². The molecule has 2 aromatic heterocycles. The summed E-state index contributed by atoms with van der Waals surface area (Å²) in [5.41, 5.74) is 5.17. The van der Waals surface area contributed by atoms with E-state index in [2.05, 4.69) is 38.3 Å². The topological polar surface area (TPSA) is 58.4 Å². The van der Waals surface area contributed by atoms with Crippen LogP contribution in [-0.2, 0) is 10.3 Å². The van der Waals surface area contributed by atoms with Gasteiger partial charge in [0.2, 0.25) is 0 Å². The van der Waals surface area contributed by atoms with E-state index in [1.807, 2.05) is 26.0 Å². The highest BCUT2D eigenvalue weighted by atomic mass is 32.1. The third-order valence-corrected chi connectivity index (χ3v) is 6.76. The van der Waals surface area contributed by atoms with E-state index in [4.69, 9.17) is 4.52 Å². The Hall–Kier alpha value is -2.44. The van der Waals surface area contributed by atoms with Crippen molar-refractivity contribution in [2.45, 2.75) is 38.6 Å². The summed E-state index contributed by atoms with van der Waals surface area (Å²) in [5, 5.41) is 11.4. The quantitative estimate of drug-likeness (QED) is 0.701. The summed E-state index contributed by atoms with van der Waals surface area (Å²) in [4.78, 5) is 15.9. The first-order chi connectivity index (χ1) is 13.6. The molecule has 2 aliphatic heterocycles. The van der Waals surface area contributed by atoms with Gasteiger partial charge in [0.25, 0.3) is 5.91 Å². The molecule has 1 aromatic carbocycles. The summed E-state index contributed by atoms with van der Waals surface area (Å²) in [5.74, 6) is 0.854. The Labute approximate surface area is 168 Å². The van der Waals surface area contributed by atoms with Crippen molar-refractivity contribution >= 4 is 22.9 Å². The van der Waals surface area contributed by atoms with Crippen molar-refractivity contribution in [3.63, 3.8) is 0 Å². The Morgan fingerprint density at radius 1 is 1.18 bits per heavy atom. The maximum absolute atomic E-state index is 13.5. The second kappa shape index (κ2) is 6.57. The third kappa shape index (κ3) is 2.41. The molecule has 0 bridgehead atoms. The largest absolute Gasteiger partial charge is 0.361 e. The number of amides is 1. The number of benzene rings is 1. The summed E-state index contributed by atoms with van der Waals surface area (Å²) in [7, 11) is 0. The number of likely N-dealkylation sites (tertiary alicyclic amines) is 1. The van der Waals surface area contributed by atoms with Gasteiger partial charge in [0.05, 0.1) is 5.69 Å². The fourth-order valence-corrected chi connectivity index (χ4v) is 5.52. The minimum Gasteiger partial charge on any atom is -0.361 e. The van der Waals surface area contributed by atoms with Gasteiger partial charge in [-0.15, -0.1) is 0 Å². The molecule has 1 amide bonds. The lowest BCUT2D eigenvalue weighted by Crippen LogP contribution is -2.53. The van der Waals surface area contributed by atoms with Gasteiger partial charge in [-0.25, -0.2) is 0 Å². The number of fused-ring (bicyclic) bond motifs is 1. The number of nitrogens with one attached hydrogen (secondary N) is 1. The number of carbonyl (C=O) groups excluding carboxylic acids is 1. The molecular weight excluding hydrogens is 370 g/mol. The number of aryl methyl sites for hydroxylation is 2. The number of carbonyl (C=O) groups is 1. The Morgan fingerprint density at radius 2 is 2.00 bits per heavy atom. The second-order valence-corrected chi connectivity index (χ2v) is 8.46. The molecule has 1 unspecified atom stereocenters. The number of thiophene rings is 1. The summed E-state index contributed by atoms with van der Waals surface area (Å²) in [6.07, 6.45) is 3.47. The second-order valence-electron chi connectivity index (χ2n) is 7.68. The predicted molar refractivity (Wildman–Crippen MR) is 111 cm³/mol. The number of nitrogens with zero attached hydrogens (tertiary/aromatic N) is 2. The molecule has 0 aliphatic carbocycles. The van der Waals surface area contributed by atoms with Gasteiger partial charge in [-0.1, -0.05) is 17.6 Å². The van der Waals surface area contributed by atoms with Crippen molar-refractivity contribution in [2.75, 3.05) is 18.4 Å². The van der Waals surface area contributed by atoms with Crippen molar-refractivity contribution in [1.82, 2.24) is 10.1 Å². The van der Waals surface area contributed by atoms with Gasteiger partial charge in [-0.05, 0) is 79.9 Å².